The van der Waals surface area contributed by atoms with E-state index in [-0.39, 0.29) is 0 Å². The van der Waals surface area contributed by atoms with E-state index in [9.17, 15) is 26.3 Å². The van der Waals surface area contributed by atoms with Gasteiger partial charge in [-0.3, -0.25) is 4.90 Å². The maximum absolute atomic E-state index is 10.6. The molecule has 0 amide bonds. The molecule has 39 heavy (non-hydrogen) atoms. The molecule has 10 nitrogen and oxygen atoms in total. The van der Waals surface area contributed by atoms with Gasteiger partial charge in [0.25, 0.3) is 0 Å². The van der Waals surface area contributed by atoms with Gasteiger partial charge in [0.05, 0.1) is 18.5 Å². The highest BCUT2D eigenvalue weighted by Gasteiger charge is 2.38. The highest BCUT2D eigenvalue weighted by molar-refractivity contribution is 5.73. The number of carboxylic acid groups (broad SMARTS) is 2. The lowest BCUT2D eigenvalue weighted by atomic mass is 10.3. The van der Waals surface area contributed by atoms with E-state index in [1.165, 1.54) is 11.5 Å². The normalized spacial score (nSPS) is 13.4. The molecule has 0 fully saturated rings. The summed E-state index contributed by atoms with van der Waals surface area (Å²) >= 11 is 0. The average Bonchev–Trinajstić information content (AvgIpc) is 3.43. The van der Waals surface area contributed by atoms with Crippen LogP contribution in [0.5, 0.6) is 0 Å². The van der Waals surface area contributed by atoms with Gasteiger partial charge >= 0.3 is 24.3 Å². The molecule has 1 aliphatic rings. The number of halogens is 6. The van der Waals surface area contributed by atoms with Crippen molar-refractivity contribution in [2.45, 2.75) is 38.4 Å². The Hall–Kier alpha value is -4.08. The molecule has 0 saturated carbocycles. The number of aromatic nitrogens is 3. The van der Waals surface area contributed by atoms with Gasteiger partial charge in [0.15, 0.2) is 0 Å². The molecule has 0 atom stereocenters. The van der Waals surface area contributed by atoms with E-state index in [0.717, 1.165) is 50.7 Å². The predicted octanol–water partition coefficient (Wildman–Crippen LogP) is 3.83. The van der Waals surface area contributed by atoms with Gasteiger partial charge in [-0.05, 0) is 31.3 Å². The number of alkyl halides is 6. The Morgan fingerprint density at radius 1 is 0.949 bits per heavy atom. The number of carboxylic acids is 2. The summed E-state index contributed by atoms with van der Waals surface area (Å²) in [5.74, 6) is -2.32. The van der Waals surface area contributed by atoms with Gasteiger partial charge in [0, 0.05) is 45.0 Å². The summed E-state index contributed by atoms with van der Waals surface area (Å²) in [6.45, 7) is 4.51. The highest BCUT2D eigenvalue weighted by Crippen LogP contribution is 2.18. The predicted molar refractivity (Wildman–Crippen MR) is 124 cm³/mol. The number of hydrogen-bond donors (Lipinski definition) is 2. The summed E-state index contributed by atoms with van der Waals surface area (Å²) in [5.41, 5.74) is 1.26. The smallest absolute Gasteiger partial charge is 0.475 e. The van der Waals surface area contributed by atoms with Crippen LogP contribution in [0.2, 0.25) is 0 Å². The molecule has 0 aliphatic carbocycles. The zero-order valence-electron chi connectivity index (χ0n) is 20.5. The molecule has 16 heteroatoms. The molecule has 0 aromatic carbocycles. The monoisotopic (exact) mass is 565 g/mol. The second-order valence-corrected chi connectivity index (χ2v) is 8.10. The molecular weight excluding hydrogens is 540 g/mol. The van der Waals surface area contributed by atoms with Crippen molar-refractivity contribution in [3.05, 3.63) is 66.3 Å². The summed E-state index contributed by atoms with van der Waals surface area (Å²) in [6, 6.07) is 10.0. The van der Waals surface area contributed by atoms with Crippen LogP contribution in [0.3, 0.4) is 0 Å². The summed E-state index contributed by atoms with van der Waals surface area (Å²) in [6.07, 6.45) is -3.63. The van der Waals surface area contributed by atoms with Gasteiger partial charge in [-0.2, -0.15) is 26.3 Å². The number of hydrogen-bond acceptors (Lipinski definition) is 7. The second kappa shape index (κ2) is 13.6. The fourth-order valence-corrected chi connectivity index (χ4v) is 3.39. The third kappa shape index (κ3) is 10.3. The van der Waals surface area contributed by atoms with Gasteiger partial charge in [0.2, 0.25) is 0 Å². The van der Waals surface area contributed by atoms with Crippen molar-refractivity contribution in [1.29, 1.82) is 0 Å². The van der Waals surface area contributed by atoms with Crippen LogP contribution in [0.25, 0.3) is 0 Å². The van der Waals surface area contributed by atoms with Crippen molar-refractivity contribution < 1.29 is 50.6 Å². The maximum Gasteiger partial charge on any atom is 0.490 e. The first-order valence-electron chi connectivity index (χ1n) is 11.2. The first-order valence-corrected chi connectivity index (χ1v) is 11.2. The fraction of sp³-hybridized carbons (Fsp3) is 0.391. The van der Waals surface area contributed by atoms with Crippen LogP contribution in [-0.2, 0) is 35.6 Å². The van der Waals surface area contributed by atoms with E-state index in [2.05, 4.69) is 37.4 Å². The summed E-state index contributed by atoms with van der Waals surface area (Å²) in [4.78, 5) is 31.5. The van der Waals surface area contributed by atoms with E-state index in [1.54, 1.807) is 6.26 Å². The molecule has 2 N–H and O–H groups in total. The standard InChI is InChI=1S/C19H23N5O.2C2HF3O2/c1-22(15-17-5-4-12-25-17)14-16-13-21-19-7-9-23(10-11-24(16)19)18-6-2-3-8-20-18;2*3-2(4,5)1(6)7/h2-6,8,12-13H,7,9-11,14-15H2,1H3;2*(H,6,7). The van der Waals surface area contributed by atoms with Crippen molar-refractivity contribution in [2.24, 2.45) is 0 Å². The number of pyridine rings is 1. The van der Waals surface area contributed by atoms with Crippen molar-refractivity contribution >= 4 is 17.8 Å². The van der Waals surface area contributed by atoms with Crippen LogP contribution in [0.15, 0.2) is 53.4 Å². The van der Waals surface area contributed by atoms with Crippen molar-refractivity contribution in [3.63, 3.8) is 0 Å². The van der Waals surface area contributed by atoms with Crippen LogP contribution in [0, 0.1) is 0 Å². The fourth-order valence-electron chi connectivity index (χ4n) is 3.39. The molecule has 3 aromatic rings. The molecule has 0 radical (unpaired) electrons. The number of fused-ring (bicyclic) bond motifs is 1. The van der Waals surface area contributed by atoms with E-state index < -0.39 is 24.3 Å². The Kier molecular flexibility index (Phi) is 10.9. The number of rotatable bonds is 5. The van der Waals surface area contributed by atoms with E-state index in [0.29, 0.717) is 0 Å². The molecule has 4 rings (SSSR count). The Balaban J connectivity index is 0.000000317. The van der Waals surface area contributed by atoms with Crippen molar-refractivity contribution in [1.82, 2.24) is 19.4 Å². The Morgan fingerprint density at radius 2 is 1.59 bits per heavy atom. The zero-order valence-corrected chi connectivity index (χ0v) is 20.5. The lowest BCUT2D eigenvalue weighted by Gasteiger charge is -2.21. The quantitative estimate of drug-likeness (QED) is 0.444. The van der Waals surface area contributed by atoms with Crippen molar-refractivity contribution in [3.8, 4) is 0 Å². The topological polar surface area (TPSA) is 125 Å². The molecule has 1 aliphatic heterocycles. The van der Waals surface area contributed by atoms with Crippen LogP contribution < -0.4 is 4.90 Å². The molecule has 0 unspecified atom stereocenters. The van der Waals surface area contributed by atoms with Crippen molar-refractivity contribution in [2.75, 3.05) is 25.0 Å². The van der Waals surface area contributed by atoms with Gasteiger partial charge in [-0.25, -0.2) is 19.6 Å². The van der Waals surface area contributed by atoms with Crippen LogP contribution >= 0.6 is 0 Å². The molecule has 0 saturated heterocycles. The van der Waals surface area contributed by atoms with Crippen LogP contribution in [-0.4, -0.2) is 74.1 Å². The second-order valence-electron chi connectivity index (χ2n) is 8.10. The number of aliphatic carboxylic acids is 2. The molecule has 4 heterocycles. The number of carbonyl (C=O) groups is 2. The van der Waals surface area contributed by atoms with Gasteiger partial charge in [-0.1, -0.05) is 6.07 Å². The third-order valence-electron chi connectivity index (χ3n) is 5.12. The average molecular weight is 565 g/mol. The first-order chi connectivity index (χ1) is 18.2. The molecule has 214 valence electrons. The minimum Gasteiger partial charge on any atom is -0.475 e. The number of furan rings is 1. The Morgan fingerprint density at radius 3 is 2.10 bits per heavy atom. The van der Waals surface area contributed by atoms with Crippen LogP contribution in [0.1, 0.15) is 17.3 Å². The van der Waals surface area contributed by atoms with E-state index >= 15 is 0 Å². The van der Waals surface area contributed by atoms with Gasteiger partial charge < -0.3 is 24.1 Å². The molecule has 0 bridgehead atoms. The van der Waals surface area contributed by atoms with Gasteiger partial charge in [0.1, 0.15) is 17.4 Å². The van der Waals surface area contributed by atoms with E-state index in [1.807, 2.05) is 36.7 Å². The minimum atomic E-state index is -5.08. The van der Waals surface area contributed by atoms with E-state index in [4.69, 9.17) is 24.2 Å². The maximum atomic E-state index is 10.6. The lowest BCUT2D eigenvalue weighted by molar-refractivity contribution is -0.193. The molecule has 3 aromatic heterocycles. The summed E-state index contributed by atoms with van der Waals surface area (Å²) in [7, 11) is 2.11. The first kappa shape index (κ1) is 31.1. The molecule has 0 spiro atoms. The lowest BCUT2D eigenvalue weighted by Crippen LogP contribution is -2.27. The Labute approximate surface area is 218 Å². The third-order valence-corrected chi connectivity index (χ3v) is 5.12. The number of imidazole rings is 1. The minimum absolute atomic E-state index is 0.799. The Bertz CT molecular complexity index is 1160. The number of nitrogens with zero attached hydrogens (tertiary/aromatic N) is 5. The zero-order chi connectivity index (χ0) is 29.2. The SMILES string of the molecule is CN(Cc1ccco1)Cc1cnc2n1CCN(c1ccccn1)CC2.O=C(O)C(F)(F)F.O=C(O)C(F)(F)F. The van der Waals surface area contributed by atoms with Crippen LogP contribution in [0.4, 0.5) is 32.2 Å². The highest BCUT2D eigenvalue weighted by atomic mass is 19.4. The summed E-state index contributed by atoms with van der Waals surface area (Å²) < 4.78 is 71.3. The molecular formula is C23H25F6N5O5. The number of anilines is 1. The largest absolute Gasteiger partial charge is 0.490 e. The summed E-state index contributed by atoms with van der Waals surface area (Å²) in [5, 5.41) is 14.2. The van der Waals surface area contributed by atoms with Gasteiger partial charge in [-0.15, -0.1) is 0 Å².